The molecule has 0 radical (unpaired) electrons. The normalized spacial score (nSPS) is 9.64. The molecular weight excluding hydrogens is 164 g/mol. The summed E-state index contributed by atoms with van der Waals surface area (Å²) in [4.78, 5) is 10.7. The van der Waals surface area contributed by atoms with Crippen molar-refractivity contribution in [2.75, 3.05) is 7.11 Å². The van der Waals surface area contributed by atoms with Gasteiger partial charge >= 0.3 is 0 Å². The molecule has 0 aliphatic heterocycles. The number of H-pyrrole nitrogens is 1. The molecule has 1 aromatic heterocycles. The predicted octanol–water partition coefficient (Wildman–Crippen LogP) is 0.264. The van der Waals surface area contributed by atoms with Gasteiger partial charge in [0.1, 0.15) is 0 Å². The number of aromatic nitrogens is 2. The van der Waals surface area contributed by atoms with Gasteiger partial charge in [0.15, 0.2) is 0 Å². The lowest BCUT2D eigenvalue weighted by molar-refractivity contribution is 0.389. The van der Waals surface area contributed by atoms with Crippen molar-refractivity contribution in [2.24, 2.45) is 0 Å². The summed E-state index contributed by atoms with van der Waals surface area (Å²) >= 11 is 4.79. The first-order valence-corrected chi connectivity index (χ1v) is 3.43. The maximum Gasteiger partial charge on any atom is 0.282 e. The van der Waals surface area contributed by atoms with Crippen molar-refractivity contribution in [2.45, 2.75) is 6.92 Å². The summed E-state index contributed by atoms with van der Waals surface area (Å²) in [6, 6.07) is 1.45. The molecule has 0 atom stereocenters. The van der Waals surface area contributed by atoms with E-state index in [-0.39, 0.29) is 10.7 Å². The molecule has 11 heavy (non-hydrogen) atoms. The van der Waals surface area contributed by atoms with Gasteiger partial charge in [-0.1, -0.05) is 0 Å². The summed E-state index contributed by atoms with van der Waals surface area (Å²) in [5.41, 5.74) is 0.559. The van der Waals surface area contributed by atoms with Crippen LogP contribution in [0.1, 0.15) is 5.69 Å². The van der Waals surface area contributed by atoms with Crippen LogP contribution in [0.15, 0.2) is 10.9 Å². The molecule has 1 N–H and O–H groups in total. The van der Waals surface area contributed by atoms with E-state index in [2.05, 4.69) is 5.10 Å². The number of hydrogen-bond donors (Lipinski definition) is 1. The van der Waals surface area contributed by atoms with Crippen LogP contribution in [0.5, 0.6) is 0 Å². The first-order chi connectivity index (χ1) is 5.15. The molecule has 0 fully saturated rings. The SMILES string of the molecule is COC(=S)n1[nH]c(=O)cc1C. The van der Waals surface area contributed by atoms with Gasteiger partial charge in [-0.15, -0.1) is 0 Å². The highest BCUT2D eigenvalue weighted by Crippen LogP contribution is 1.92. The monoisotopic (exact) mass is 172 g/mol. The van der Waals surface area contributed by atoms with Crippen molar-refractivity contribution in [3.8, 4) is 0 Å². The summed E-state index contributed by atoms with van der Waals surface area (Å²) in [6.45, 7) is 1.77. The topological polar surface area (TPSA) is 47.0 Å². The van der Waals surface area contributed by atoms with Crippen LogP contribution in [0, 0.1) is 6.92 Å². The van der Waals surface area contributed by atoms with Crippen molar-refractivity contribution < 1.29 is 4.74 Å². The van der Waals surface area contributed by atoms with Crippen LogP contribution >= 0.6 is 12.2 Å². The molecule has 0 aliphatic rings. The molecule has 0 bridgehead atoms. The van der Waals surface area contributed by atoms with E-state index in [1.165, 1.54) is 17.9 Å². The Morgan fingerprint density at radius 3 is 2.82 bits per heavy atom. The fourth-order valence-electron chi connectivity index (χ4n) is 0.766. The Hall–Kier alpha value is -1.10. The van der Waals surface area contributed by atoms with Crippen molar-refractivity contribution in [3.63, 3.8) is 0 Å². The van der Waals surface area contributed by atoms with Gasteiger partial charge in [0, 0.05) is 11.8 Å². The minimum absolute atomic E-state index is 0.179. The zero-order valence-electron chi connectivity index (χ0n) is 6.25. The lowest BCUT2D eigenvalue weighted by atomic mass is 10.5. The van der Waals surface area contributed by atoms with Crippen LogP contribution < -0.4 is 5.56 Å². The van der Waals surface area contributed by atoms with Crippen molar-refractivity contribution in [1.29, 1.82) is 0 Å². The van der Waals surface area contributed by atoms with Crippen LogP contribution in [-0.2, 0) is 4.74 Å². The minimum atomic E-state index is -0.179. The van der Waals surface area contributed by atoms with Crippen molar-refractivity contribution in [3.05, 3.63) is 22.1 Å². The summed E-state index contributed by atoms with van der Waals surface area (Å²) in [6.07, 6.45) is 0. The predicted molar refractivity (Wildman–Crippen MR) is 44.8 cm³/mol. The molecular formula is C6H8N2O2S. The molecule has 0 spiro atoms. The molecule has 0 aliphatic carbocycles. The molecule has 0 saturated heterocycles. The minimum Gasteiger partial charge on any atom is -0.473 e. The van der Waals surface area contributed by atoms with Crippen LogP contribution in [0.4, 0.5) is 0 Å². The lowest BCUT2D eigenvalue weighted by Gasteiger charge is -2.03. The van der Waals surface area contributed by atoms with E-state index < -0.39 is 0 Å². The first-order valence-electron chi connectivity index (χ1n) is 3.02. The maximum atomic E-state index is 10.7. The smallest absolute Gasteiger partial charge is 0.282 e. The molecule has 0 aromatic carbocycles. The summed E-state index contributed by atoms with van der Waals surface area (Å²) in [5, 5.41) is 2.73. The Balaban J connectivity index is 3.13. The van der Waals surface area contributed by atoms with Gasteiger partial charge in [0.05, 0.1) is 7.11 Å². The van der Waals surface area contributed by atoms with Gasteiger partial charge in [-0.2, -0.15) is 0 Å². The molecule has 0 amide bonds. The second-order valence-corrected chi connectivity index (χ2v) is 2.42. The fourth-order valence-corrected chi connectivity index (χ4v) is 0.955. The summed E-state index contributed by atoms with van der Waals surface area (Å²) in [7, 11) is 1.46. The first kappa shape index (κ1) is 8.00. The Labute approximate surface area is 68.8 Å². The van der Waals surface area contributed by atoms with Crippen LogP contribution in [0.25, 0.3) is 0 Å². The highest BCUT2D eigenvalue weighted by molar-refractivity contribution is 7.80. The largest absolute Gasteiger partial charge is 0.473 e. The second-order valence-electron chi connectivity index (χ2n) is 2.07. The Morgan fingerprint density at radius 1 is 1.82 bits per heavy atom. The van der Waals surface area contributed by atoms with Gasteiger partial charge in [-0.25, -0.2) is 4.68 Å². The average molecular weight is 172 g/mol. The standard InChI is InChI=1S/C6H8N2O2S/c1-4-3-5(9)7-8(4)6(11)10-2/h3H,1-2H3,(H,7,9). The molecule has 1 rings (SSSR count). The summed E-state index contributed by atoms with van der Waals surface area (Å²) in [5.74, 6) is 0. The van der Waals surface area contributed by atoms with E-state index in [9.17, 15) is 4.79 Å². The molecule has 0 saturated carbocycles. The third kappa shape index (κ3) is 1.48. The molecule has 1 heterocycles. The Morgan fingerprint density at radius 2 is 2.45 bits per heavy atom. The third-order valence-electron chi connectivity index (χ3n) is 1.27. The average Bonchev–Trinajstić information content (AvgIpc) is 2.28. The number of rotatable bonds is 0. The van der Waals surface area contributed by atoms with E-state index >= 15 is 0 Å². The van der Waals surface area contributed by atoms with Crippen molar-refractivity contribution in [1.82, 2.24) is 9.78 Å². The van der Waals surface area contributed by atoms with Gasteiger partial charge < -0.3 is 4.74 Å². The quantitative estimate of drug-likeness (QED) is 0.571. The number of aromatic amines is 1. The molecule has 60 valence electrons. The number of aryl methyl sites for hydroxylation is 1. The molecule has 5 heteroatoms. The van der Waals surface area contributed by atoms with Gasteiger partial charge in [-0.3, -0.25) is 9.89 Å². The molecule has 1 aromatic rings. The van der Waals surface area contributed by atoms with Crippen molar-refractivity contribution >= 4 is 17.4 Å². The van der Waals surface area contributed by atoms with E-state index in [1.807, 2.05) is 0 Å². The Bertz CT molecular complexity index is 326. The Kier molecular flexibility index (Phi) is 2.09. The highest BCUT2D eigenvalue weighted by Gasteiger charge is 2.03. The highest BCUT2D eigenvalue weighted by atomic mass is 32.1. The fraction of sp³-hybridized carbons (Fsp3) is 0.333. The van der Waals surface area contributed by atoms with Gasteiger partial charge in [0.25, 0.3) is 10.7 Å². The van der Waals surface area contributed by atoms with Crippen LogP contribution in [-0.4, -0.2) is 22.1 Å². The van der Waals surface area contributed by atoms with Crippen LogP contribution in [0.2, 0.25) is 0 Å². The number of hydrogen-bond acceptors (Lipinski definition) is 3. The number of nitrogens with one attached hydrogen (secondary N) is 1. The van der Waals surface area contributed by atoms with Gasteiger partial charge in [0.2, 0.25) is 0 Å². The third-order valence-corrected chi connectivity index (χ3v) is 1.62. The van der Waals surface area contributed by atoms with E-state index in [0.29, 0.717) is 0 Å². The van der Waals surface area contributed by atoms with E-state index in [0.717, 1.165) is 5.69 Å². The lowest BCUT2D eigenvalue weighted by Crippen LogP contribution is -2.16. The van der Waals surface area contributed by atoms with Gasteiger partial charge in [-0.05, 0) is 19.1 Å². The molecule has 4 nitrogen and oxygen atoms in total. The number of methoxy groups -OCH3 is 1. The number of nitrogens with zero attached hydrogens (tertiary/aromatic N) is 1. The van der Waals surface area contributed by atoms with Crippen LogP contribution in [0.3, 0.4) is 0 Å². The number of ether oxygens (including phenoxy) is 1. The molecule has 0 unspecified atom stereocenters. The van der Waals surface area contributed by atoms with E-state index in [4.69, 9.17) is 17.0 Å². The zero-order valence-corrected chi connectivity index (χ0v) is 7.07. The number of thiocarbonyl (C=S) groups is 1. The summed E-state index contributed by atoms with van der Waals surface area (Å²) < 4.78 is 6.17. The van der Waals surface area contributed by atoms with E-state index in [1.54, 1.807) is 6.92 Å². The maximum absolute atomic E-state index is 10.7. The second kappa shape index (κ2) is 2.87. The zero-order chi connectivity index (χ0) is 8.43.